The zero-order valence-corrected chi connectivity index (χ0v) is 9.57. The van der Waals surface area contributed by atoms with Gasteiger partial charge in [0.05, 0.1) is 0 Å². The van der Waals surface area contributed by atoms with Crippen LogP contribution in [0.15, 0.2) is 24.3 Å². The standard InChI is InChI=1S/C12H19BO2/c1-3-4-5-9-13(14)15-12-8-6-7-11(2)10-12/h6-8,10,14H,3-5,9H2,1-2H3. The Morgan fingerprint density at radius 3 is 2.80 bits per heavy atom. The SMILES string of the molecule is CCCCCB(O)Oc1cccc(C)c1. The molecule has 15 heavy (non-hydrogen) atoms. The van der Waals surface area contributed by atoms with Crippen molar-refractivity contribution in [2.75, 3.05) is 0 Å². The van der Waals surface area contributed by atoms with Crippen molar-refractivity contribution in [3.8, 4) is 5.75 Å². The molecule has 0 bridgehead atoms. The molecule has 0 saturated carbocycles. The van der Waals surface area contributed by atoms with Crippen molar-refractivity contribution in [1.82, 2.24) is 0 Å². The summed E-state index contributed by atoms with van der Waals surface area (Å²) in [5, 5.41) is 9.60. The topological polar surface area (TPSA) is 29.5 Å². The third kappa shape index (κ3) is 4.89. The maximum Gasteiger partial charge on any atom is 0.522 e. The molecule has 0 amide bonds. The number of aryl methyl sites for hydroxylation is 1. The van der Waals surface area contributed by atoms with Crippen LogP contribution in [0.1, 0.15) is 31.7 Å². The zero-order chi connectivity index (χ0) is 11.1. The molecule has 0 aliphatic rings. The Morgan fingerprint density at radius 1 is 1.33 bits per heavy atom. The largest absolute Gasteiger partial charge is 0.536 e. The summed E-state index contributed by atoms with van der Waals surface area (Å²) in [6.07, 6.45) is 4.04. The Kier molecular flexibility index (Phi) is 5.26. The van der Waals surface area contributed by atoms with Gasteiger partial charge in [0.15, 0.2) is 0 Å². The smallest absolute Gasteiger partial charge is 0.522 e. The molecule has 0 heterocycles. The van der Waals surface area contributed by atoms with Gasteiger partial charge < -0.3 is 9.68 Å². The van der Waals surface area contributed by atoms with Crippen LogP contribution in [0.25, 0.3) is 0 Å². The molecular formula is C12H19BO2. The average Bonchev–Trinajstić information content (AvgIpc) is 2.18. The third-order valence-electron chi connectivity index (χ3n) is 2.32. The third-order valence-corrected chi connectivity index (χ3v) is 2.32. The first-order valence-electron chi connectivity index (χ1n) is 5.63. The van der Waals surface area contributed by atoms with E-state index in [1.165, 1.54) is 0 Å². The summed E-state index contributed by atoms with van der Waals surface area (Å²) in [5.74, 6) is 0.749. The van der Waals surface area contributed by atoms with E-state index in [0.29, 0.717) is 6.32 Å². The van der Waals surface area contributed by atoms with Gasteiger partial charge in [-0.2, -0.15) is 0 Å². The molecule has 3 heteroatoms. The van der Waals surface area contributed by atoms with E-state index in [-0.39, 0.29) is 0 Å². The van der Waals surface area contributed by atoms with Crippen molar-refractivity contribution in [3.05, 3.63) is 29.8 Å². The van der Waals surface area contributed by atoms with E-state index in [4.69, 9.17) is 4.65 Å². The van der Waals surface area contributed by atoms with Crippen molar-refractivity contribution < 1.29 is 9.68 Å². The molecule has 2 nitrogen and oxygen atoms in total. The summed E-state index contributed by atoms with van der Waals surface area (Å²) < 4.78 is 5.40. The fourth-order valence-corrected chi connectivity index (χ4v) is 1.47. The van der Waals surface area contributed by atoms with Crippen molar-refractivity contribution in [2.24, 2.45) is 0 Å². The molecule has 0 spiro atoms. The number of rotatable bonds is 6. The Balaban J connectivity index is 2.34. The Morgan fingerprint density at radius 2 is 2.13 bits per heavy atom. The van der Waals surface area contributed by atoms with Gasteiger partial charge >= 0.3 is 7.12 Å². The highest BCUT2D eigenvalue weighted by molar-refractivity contribution is 6.43. The van der Waals surface area contributed by atoms with E-state index in [9.17, 15) is 5.02 Å². The molecule has 1 aromatic rings. The number of benzene rings is 1. The van der Waals surface area contributed by atoms with E-state index in [0.717, 1.165) is 30.6 Å². The van der Waals surface area contributed by atoms with Crippen molar-refractivity contribution in [3.63, 3.8) is 0 Å². The first-order valence-corrected chi connectivity index (χ1v) is 5.63. The summed E-state index contributed by atoms with van der Waals surface area (Å²) in [7, 11) is -0.668. The second kappa shape index (κ2) is 6.51. The summed E-state index contributed by atoms with van der Waals surface area (Å²) in [6, 6.07) is 7.75. The van der Waals surface area contributed by atoms with Crippen LogP contribution < -0.4 is 4.65 Å². The molecule has 0 aromatic heterocycles. The van der Waals surface area contributed by atoms with E-state index < -0.39 is 7.12 Å². The summed E-state index contributed by atoms with van der Waals surface area (Å²) >= 11 is 0. The van der Waals surface area contributed by atoms with E-state index >= 15 is 0 Å². The highest BCUT2D eigenvalue weighted by Crippen LogP contribution is 2.14. The molecule has 1 N–H and O–H groups in total. The minimum Gasteiger partial charge on any atom is -0.536 e. The number of hydrogen-bond donors (Lipinski definition) is 1. The van der Waals surface area contributed by atoms with Gasteiger partial charge in [0.25, 0.3) is 0 Å². The monoisotopic (exact) mass is 206 g/mol. The normalized spacial score (nSPS) is 10.1. The molecule has 0 radical (unpaired) electrons. The summed E-state index contributed by atoms with van der Waals surface area (Å²) in [4.78, 5) is 0. The van der Waals surface area contributed by atoms with Crippen LogP contribution in [0.3, 0.4) is 0 Å². The molecule has 0 atom stereocenters. The molecule has 0 saturated heterocycles. The summed E-state index contributed by atoms with van der Waals surface area (Å²) in [5.41, 5.74) is 1.15. The van der Waals surface area contributed by atoms with Gasteiger partial charge in [-0.3, -0.25) is 0 Å². The molecule has 0 fully saturated rings. The molecular weight excluding hydrogens is 187 g/mol. The lowest BCUT2D eigenvalue weighted by atomic mass is 9.82. The lowest BCUT2D eigenvalue weighted by Crippen LogP contribution is -2.21. The van der Waals surface area contributed by atoms with Crippen LogP contribution in [0.5, 0.6) is 5.75 Å². The fourth-order valence-electron chi connectivity index (χ4n) is 1.47. The van der Waals surface area contributed by atoms with Crippen molar-refractivity contribution in [2.45, 2.75) is 39.4 Å². The first-order chi connectivity index (χ1) is 7.22. The highest BCUT2D eigenvalue weighted by Gasteiger charge is 2.13. The van der Waals surface area contributed by atoms with Gasteiger partial charge in [-0.15, -0.1) is 0 Å². The van der Waals surface area contributed by atoms with E-state index in [2.05, 4.69) is 6.92 Å². The van der Waals surface area contributed by atoms with Gasteiger partial charge in [0.2, 0.25) is 0 Å². The number of hydrogen-bond acceptors (Lipinski definition) is 2. The first kappa shape index (κ1) is 12.1. The summed E-state index contributed by atoms with van der Waals surface area (Å²) in [6.45, 7) is 4.16. The van der Waals surface area contributed by atoms with E-state index in [1.54, 1.807) is 0 Å². The van der Waals surface area contributed by atoms with Crippen LogP contribution in [0, 0.1) is 6.92 Å². The highest BCUT2D eigenvalue weighted by atomic mass is 16.5. The van der Waals surface area contributed by atoms with Gasteiger partial charge in [-0.1, -0.05) is 38.3 Å². The number of unbranched alkanes of at least 4 members (excludes halogenated alkanes) is 2. The minimum absolute atomic E-state index is 0.668. The predicted octanol–water partition coefficient (Wildman–Crippen LogP) is 3.04. The maximum absolute atomic E-state index is 9.60. The second-order valence-corrected chi connectivity index (χ2v) is 3.88. The van der Waals surface area contributed by atoms with Crippen LogP contribution in [-0.4, -0.2) is 12.1 Å². The van der Waals surface area contributed by atoms with Crippen LogP contribution in [-0.2, 0) is 0 Å². The molecule has 82 valence electrons. The fraction of sp³-hybridized carbons (Fsp3) is 0.500. The minimum atomic E-state index is -0.668. The van der Waals surface area contributed by atoms with Crippen LogP contribution in [0.4, 0.5) is 0 Å². The van der Waals surface area contributed by atoms with Gasteiger partial charge in [0.1, 0.15) is 5.75 Å². The van der Waals surface area contributed by atoms with Crippen LogP contribution >= 0.6 is 0 Å². The lowest BCUT2D eigenvalue weighted by Gasteiger charge is -2.09. The Hall–Kier alpha value is -0.955. The molecule has 1 aromatic carbocycles. The average molecular weight is 206 g/mol. The lowest BCUT2D eigenvalue weighted by molar-refractivity contribution is 0.410. The molecule has 0 aliphatic carbocycles. The van der Waals surface area contributed by atoms with Gasteiger partial charge in [-0.25, -0.2) is 0 Å². The molecule has 0 unspecified atom stereocenters. The second-order valence-electron chi connectivity index (χ2n) is 3.88. The van der Waals surface area contributed by atoms with Crippen molar-refractivity contribution in [1.29, 1.82) is 0 Å². The Labute approximate surface area is 92.4 Å². The van der Waals surface area contributed by atoms with Gasteiger partial charge in [-0.05, 0) is 30.9 Å². The predicted molar refractivity (Wildman–Crippen MR) is 64.1 cm³/mol. The van der Waals surface area contributed by atoms with Crippen LogP contribution in [0.2, 0.25) is 6.32 Å². The maximum atomic E-state index is 9.60. The van der Waals surface area contributed by atoms with Gasteiger partial charge in [0, 0.05) is 0 Å². The zero-order valence-electron chi connectivity index (χ0n) is 9.57. The van der Waals surface area contributed by atoms with E-state index in [1.807, 2.05) is 31.2 Å². The van der Waals surface area contributed by atoms with Crippen molar-refractivity contribution >= 4 is 7.12 Å². The molecule has 1 rings (SSSR count). The molecule has 0 aliphatic heterocycles. The Bertz CT molecular complexity index is 289. The quantitative estimate of drug-likeness (QED) is 0.572.